The molecule has 1 aliphatic carbocycles. The van der Waals surface area contributed by atoms with E-state index >= 15 is 0 Å². The van der Waals surface area contributed by atoms with Crippen LogP contribution in [-0.4, -0.2) is 24.9 Å². The van der Waals surface area contributed by atoms with Crippen molar-refractivity contribution in [2.45, 2.75) is 38.0 Å². The number of rotatable bonds is 3. The molecule has 5 heteroatoms. The molecule has 14 heavy (non-hydrogen) atoms. The molecule has 2 unspecified atom stereocenters. The van der Waals surface area contributed by atoms with E-state index in [0.29, 0.717) is 18.8 Å². The van der Waals surface area contributed by atoms with E-state index < -0.39 is 18.4 Å². The second-order valence-electron chi connectivity index (χ2n) is 4.14. The molecular formula is C9H16F3NO. The maximum Gasteiger partial charge on any atom is 0.411 e. The zero-order valence-electron chi connectivity index (χ0n) is 8.23. The monoisotopic (exact) mass is 211 g/mol. The van der Waals surface area contributed by atoms with Crippen LogP contribution in [0, 0.1) is 5.92 Å². The summed E-state index contributed by atoms with van der Waals surface area (Å²) in [6.07, 6.45) is -2.08. The van der Waals surface area contributed by atoms with Crippen LogP contribution in [0.15, 0.2) is 0 Å². The standard InChI is InChI=1S/C9H16F3NO/c1-7-2-3-8(4-7,5-13)14-6-9(10,11)12/h7H,2-6,13H2,1H3. The van der Waals surface area contributed by atoms with Crippen LogP contribution >= 0.6 is 0 Å². The van der Waals surface area contributed by atoms with Gasteiger partial charge in [0.1, 0.15) is 6.61 Å². The van der Waals surface area contributed by atoms with Gasteiger partial charge in [-0.25, -0.2) is 0 Å². The van der Waals surface area contributed by atoms with Crippen molar-refractivity contribution in [3.63, 3.8) is 0 Å². The van der Waals surface area contributed by atoms with Gasteiger partial charge in [-0.3, -0.25) is 0 Å². The predicted octanol–water partition coefficient (Wildman–Crippen LogP) is 2.08. The quantitative estimate of drug-likeness (QED) is 0.775. The van der Waals surface area contributed by atoms with Gasteiger partial charge in [0.25, 0.3) is 0 Å². The predicted molar refractivity (Wildman–Crippen MR) is 46.8 cm³/mol. The minimum absolute atomic E-state index is 0.174. The fourth-order valence-corrected chi connectivity index (χ4v) is 1.96. The molecule has 0 spiro atoms. The zero-order valence-corrected chi connectivity index (χ0v) is 8.23. The van der Waals surface area contributed by atoms with Crippen molar-refractivity contribution in [1.29, 1.82) is 0 Å². The largest absolute Gasteiger partial charge is 0.411 e. The molecular weight excluding hydrogens is 195 g/mol. The topological polar surface area (TPSA) is 35.2 Å². The van der Waals surface area contributed by atoms with Crippen LogP contribution in [0.4, 0.5) is 13.2 Å². The van der Waals surface area contributed by atoms with Crippen molar-refractivity contribution in [2.75, 3.05) is 13.2 Å². The summed E-state index contributed by atoms with van der Waals surface area (Å²) in [5, 5.41) is 0. The molecule has 0 heterocycles. The number of halogens is 3. The first-order valence-electron chi connectivity index (χ1n) is 4.78. The minimum atomic E-state index is -4.26. The molecule has 2 N–H and O–H groups in total. The van der Waals surface area contributed by atoms with Gasteiger partial charge < -0.3 is 10.5 Å². The molecule has 2 nitrogen and oxygen atoms in total. The van der Waals surface area contributed by atoms with E-state index in [2.05, 4.69) is 0 Å². The van der Waals surface area contributed by atoms with E-state index in [-0.39, 0.29) is 6.54 Å². The smallest absolute Gasteiger partial charge is 0.364 e. The highest BCUT2D eigenvalue weighted by atomic mass is 19.4. The number of hydrogen-bond acceptors (Lipinski definition) is 2. The van der Waals surface area contributed by atoms with E-state index in [9.17, 15) is 13.2 Å². The lowest BCUT2D eigenvalue weighted by molar-refractivity contribution is -0.203. The van der Waals surface area contributed by atoms with Crippen LogP contribution in [0.2, 0.25) is 0 Å². The average molecular weight is 211 g/mol. The van der Waals surface area contributed by atoms with Gasteiger partial charge in [-0.1, -0.05) is 6.92 Å². The molecule has 0 aliphatic heterocycles. The van der Waals surface area contributed by atoms with Crippen molar-refractivity contribution in [2.24, 2.45) is 11.7 Å². The first-order chi connectivity index (χ1) is 6.37. The molecule has 0 aromatic heterocycles. The van der Waals surface area contributed by atoms with Crippen LogP contribution in [0.1, 0.15) is 26.2 Å². The Balaban J connectivity index is 2.47. The van der Waals surface area contributed by atoms with Crippen LogP contribution in [-0.2, 0) is 4.74 Å². The first-order valence-corrected chi connectivity index (χ1v) is 4.78. The fourth-order valence-electron chi connectivity index (χ4n) is 1.96. The zero-order chi connectivity index (χ0) is 10.8. The molecule has 0 aromatic carbocycles. The van der Waals surface area contributed by atoms with Gasteiger partial charge in [0.2, 0.25) is 0 Å². The van der Waals surface area contributed by atoms with Crippen LogP contribution in [0.3, 0.4) is 0 Å². The maximum absolute atomic E-state index is 11.9. The Labute approximate surface area is 81.6 Å². The van der Waals surface area contributed by atoms with Crippen molar-refractivity contribution in [1.82, 2.24) is 0 Å². The lowest BCUT2D eigenvalue weighted by Gasteiger charge is -2.28. The van der Waals surface area contributed by atoms with Gasteiger partial charge in [-0.05, 0) is 25.2 Å². The molecule has 1 rings (SSSR count). The molecule has 2 atom stereocenters. The van der Waals surface area contributed by atoms with E-state index in [1.165, 1.54) is 0 Å². The second kappa shape index (κ2) is 4.06. The second-order valence-corrected chi connectivity index (χ2v) is 4.14. The van der Waals surface area contributed by atoms with Crippen molar-refractivity contribution < 1.29 is 17.9 Å². The third-order valence-electron chi connectivity index (χ3n) is 2.73. The first kappa shape index (κ1) is 11.8. The highest BCUT2D eigenvalue weighted by molar-refractivity contribution is 4.90. The molecule has 84 valence electrons. The van der Waals surface area contributed by atoms with Gasteiger partial charge in [-0.2, -0.15) is 13.2 Å². The number of nitrogens with two attached hydrogens (primary N) is 1. The molecule has 0 radical (unpaired) electrons. The number of hydrogen-bond donors (Lipinski definition) is 1. The summed E-state index contributed by atoms with van der Waals surface area (Å²) in [5.74, 6) is 0.409. The molecule has 1 aliphatic rings. The van der Waals surface area contributed by atoms with Gasteiger partial charge in [0, 0.05) is 6.54 Å². The van der Waals surface area contributed by atoms with Crippen molar-refractivity contribution in [3.8, 4) is 0 Å². The number of alkyl halides is 3. The van der Waals surface area contributed by atoms with Gasteiger partial charge in [0.15, 0.2) is 0 Å². The summed E-state index contributed by atoms with van der Waals surface area (Å²) in [7, 11) is 0. The summed E-state index contributed by atoms with van der Waals surface area (Å²) in [5.41, 5.74) is 4.74. The van der Waals surface area contributed by atoms with Gasteiger partial charge in [-0.15, -0.1) is 0 Å². The highest BCUT2D eigenvalue weighted by Gasteiger charge is 2.40. The van der Waals surface area contributed by atoms with E-state index in [1.54, 1.807) is 0 Å². The SMILES string of the molecule is CC1CCC(CN)(OCC(F)(F)F)C1. The highest BCUT2D eigenvalue weighted by Crippen LogP contribution is 2.37. The van der Waals surface area contributed by atoms with E-state index in [4.69, 9.17) is 10.5 Å². The molecule has 1 saturated carbocycles. The lowest BCUT2D eigenvalue weighted by Crippen LogP contribution is -2.40. The fraction of sp³-hybridized carbons (Fsp3) is 1.00. The van der Waals surface area contributed by atoms with Gasteiger partial charge in [0.05, 0.1) is 5.60 Å². The summed E-state index contributed by atoms with van der Waals surface area (Å²) >= 11 is 0. The van der Waals surface area contributed by atoms with Crippen LogP contribution in [0.25, 0.3) is 0 Å². The summed E-state index contributed by atoms with van der Waals surface area (Å²) < 4.78 is 40.8. The Morgan fingerprint density at radius 1 is 1.50 bits per heavy atom. The maximum atomic E-state index is 11.9. The van der Waals surface area contributed by atoms with Crippen LogP contribution in [0.5, 0.6) is 0 Å². The molecule has 0 aromatic rings. The summed E-state index contributed by atoms with van der Waals surface area (Å²) in [4.78, 5) is 0. The Kier molecular flexibility index (Phi) is 3.42. The number of ether oxygens (including phenoxy) is 1. The Hall–Kier alpha value is -0.290. The average Bonchev–Trinajstić information content (AvgIpc) is 2.44. The molecule has 0 bridgehead atoms. The Morgan fingerprint density at radius 3 is 2.50 bits per heavy atom. The lowest BCUT2D eigenvalue weighted by atomic mass is 10.0. The van der Waals surface area contributed by atoms with Crippen molar-refractivity contribution >= 4 is 0 Å². The van der Waals surface area contributed by atoms with Crippen molar-refractivity contribution in [3.05, 3.63) is 0 Å². The summed E-state index contributed by atoms with van der Waals surface area (Å²) in [6.45, 7) is 0.999. The molecule has 0 amide bonds. The van der Waals surface area contributed by atoms with Crippen LogP contribution < -0.4 is 5.73 Å². The van der Waals surface area contributed by atoms with Gasteiger partial charge >= 0.3 is 6.18 Å². The van der Waals surface area contributed by atoms with E-state index in [1.807, 2.05) is 6.92 Å². The Bertz CT molecular complexity index is 195. The summed E-state index contributed by atoms with van der Waals surface area (Å²) in [6, 6.07) is 0. The minimum Gasteiger partial charge on any atom is -0.364 e. The molecule has 0 saturated heterocycles. The third-order valence-corrected chi connectivity index (χ3v) is 2.73. The Morgan fingerprint density at radius 2 is 2.14 bits per heavy atom. The molecule has 1 fully saturated rings. The third kappa shape index (κ3) is 3.13. The van der Waals surface area contributed by atoms with E-state index in [0.717, 1.165) is 6.42 Å². The normalized spacial score (nSPS) is 33.6.